The number of nitrogens with one attached hydrogen (secondary N) is 1. The van der Waals surface area contributed by atoms with Crippen LogP contribution in [0.15, 0.2) is 66.9 Å². The molecular weight excluding hydrogens is 360 g/mol. The monoisotopic (exact) mass is 381 g/mol. The van der Waals surface area contributed by atoms with Gasteiger partial charge in [0.15, 0.2) is 0 Å². The van der Waals surface area contributed by atoms with Gasteiger partial charge >= 0.3 is 0 Å². The molecule has 1 heterocycles. The van der Waals surface area contributed by atoms with Crippen LogP contribution in [0.4, 0.5) is 20.3 Å². The third-order valence-electron chi connectivity index (χ3n) is 4.31. The first-order chi connectivity index (χ1) is 13.5. The first kappa shape index (κ1) is 19.5. The van der Waals surface area contributed by atoms with Crippen molar-refractivity contribution in [2.24, 2.45) is 0 Å². The van der Waals surface area contributed by atoms with Crippen LogP contribution in [0.5, 0.6) is 0 Å². The first-order valence-corrected chi connectivity index (χ1v) is 8.97. The van der Waals surface area contributed by atoms with E-state index in [1.165, 1.54) is 18.3 Å². The highest BCUT2D eigenvalue weighted by Gasteiger charge is 2.19. The van der Waals surface area contributed by atoms with Gasteiger partial charge < -0.3 is 10.2 Å². The Morgan fingerprint density at radius 3 is 2.25 bits per heavy atom. The molecule has 1 N–H and O–H groups in total. The van der Waals surface area contributed by atoms with Gasteiger partial charge in [0.2, 0.25) is 0 Å². The molecule has 1 amide bonds. The molecule has 6 heteroatoms. The number of aromatic nitrogens is 1. The van der Waals surface area contributed by atoms with Crippen LogP contribution in [-0.4, -0.2) is 21.8 Å². The lowest BCUT2D eigenvalue weighted by atomic mass is 10.1. The lowest BCUT2D eigenvalue weighted by molar-refractivity contribution is 0.0690. The third-order valence-corrected chi connectivity index (χ3v) is 4.31. The molecule has 3 rings (SSSR count). The molecule has 2 aromatic carbocycles. The predicted molar refractivity (Wildman–Crippen MR) is 105 cm³/mol. The summed E-state index contributed by atoms with van der Waals surface area (Å²) in [6, 6.07) is 16.5. The van der Waals surface area contributed by atoms with E-state index in [-0.39, 0.29) is 23.5 Å². The number of nitrogens with zero attached hydrogens (tertiary/aromatic N) is 2. The van der Waals surface area contributed by atoms with Crippen molar-refractivity contribution in [1.82, 2.24) is 9.88 Å². The average Bonchev–Trinajstić information content (AvgIpc) is 2.69. The molecule has 0 radical (unpaired) electrons. The zero-order chi connectivity index (χ0) is 20.1. The van der Waals surface area contributed by atoms with Crippen LogP contribution in [0.25, 0.3) is 0 Å². The maximum absolute atomic E-state index is 13.8. The van der Waals surface area contributed by atoms with E-state index in [4.69, 9.17) is 0 Å². The molecule has 0 bridgehead atoms. The fraction of sp³-hybridized carbons (Fsp3) is 0.182. The van der Waals surface area contributed by atoms with Crippen LogP contribution in [-0.2, 0) is 6.54 Å². The van der Waals surface area contributed by atoms with Gasteiger partial charge in [0.1, 0.15) is 23.1 Å². The molecule has 1 aromatic heterocycles. The lowest BCUT2D eigenvalue weighted by Gasteiger charge is -2.27. The zero-order valence-electron chi connectivity index (χ0n) is 15.7. The molecule has 0 saturated heterocycles. The number of rotatable bonds is 6. The van der Waals surface area contributed by atoms with Gasteiger partial charge in [-0.2, -0.15) is 0 Å². The van der Waals surface area contributed by atoms with E-state index in [1.54, 1.807) is 11.0 Å². The SMILES string of the molecule is CC(C)N(Cc1ccccc1)C(=O)c1ccc(Nc2c(F)cccc2F)nc1. The fourth-order valence-electron chi connectivity index (χ4n) is 2.77. The van der Waals surface area contributed by atoms with Crippen molar-refractivity contribution in [2.75, 3.05) is 5.32 Å². The topological polar surface area (TPSA) is 45.2 Å². The van der Waals surface area contributed by atoms with Gasteiger partial charge in [-0.25, -0.2) is 13.8 Å². The molecule has 0 aliphatic heterocycles. The lowest BCUT2D eigenvalue weighted by Crippen LogP contribution is -2.36. The van der Waals surface area contributed by atoms with E-state index in [1.807, 2.05) is 44.2 Å². The van der Waals surface area contributed by atoms with Crippen molar-refractivity contribution in [3.8, 4) is 0 Å². The number of carbonyl (C=O) groups is 1. The largest absolute Gasteiger partial charge is 0.335 e. The van der Waals surface area contributed by atoms with Gasteiger partial charge in [0.25, 0.3) is 5.91 Å². The average molecular weight is 381 g/mol. The Morgan fingerprint density at radius 1 is 1.00 bits per heavy atom. The number of halogens is 2. The number of amides is 1. The molecule has 4 nitrogen and oxygen atoms in total. The van der Waals surface area contributed by atoms with E-state index in [0.717, 1.165) is 17.7 Å². The van der Waals surface area contributed by atoms with Crippen LogP contribution < -0.4 is 5.32 Å². The molecule has 0 saturated carbocycles. The second-order valence-electron chi connectivity index (χ2n) is 6.67. The minimum Gasteiger partial charge on any atom is -0.335 e. The standard InChI is InChI=1S/C22H21F2N3O/c1-15(2)27(14-16-7-4-3-5-8-16)22(28)17-11-12-20(25-13-17)26-21-18(23)9-6-10-19(21)24/h3-13,15H,14H2,1-2H3,(H,25,26). The number of benzene rings is 2. The van der Waals surface area contributed by atoms with Crippen LogP contribution in [0.3, 0.4) is 0 Å². The zero-order valence-corrected chi connectivity index (χ0v) is 15.7. The van der Waals surface area contributed by atoms with E-state index < -0.39 is 11.6 Å². The van der Waals surface area contributed by atoms with Crippen LogP contribution in [0, 0.1) is 11.6 Å². The highest BCUT2D eigenvalue weighted by molar-refractivity contribution is 5.94. The van der Waals surface area contributed by atoms with Crippen LogP contribution in [0.2, 0.25) is 0 Å². The van der Waals surface area contributed by atoms with E-state index in [2.05, 4.69) is 10.3 Å². The van der Waals surface area contributed by atoms with Crippen molar-refractivity contribution in [3.63, 3.8) is 0 Å². The molecule has 0 fully saturated rings. The van der Waals surface area contributed by atoms with Gasteiger partial charge in [-0.3, -0.25) is 4.79 Å². The van der Waals surface area contributed by atoms with Crippen LogP contribution in [0.1, 0.15) is 29.8 Å². The Labute approximate surface area is 162 Å². The molecular formula is C22H21F2N3O. The predicted octanol–water partition coefficient (Wildman–Crippen LogP) is 5.15. The highest BCUT2D eigenvalue weighted by atomic mass is 19.1. The van der Waals surface area contributed by atoms with Gasteiger partial charge in [0, 0.05) is 18.8 Å². The maximum Gasteiger partial charge on any atom is 0.255 e. The number of para-hydroxylation sites is 1. The van der Waals surface area contributed by atoms with E-state index in [9.17, 15) is 13.6 Å². The summed E-state index contributed by atoms with van der Waals surface area (Å²) in [5, 5.41) is 2.61. The normalized spacial score (nSPS) is 10.8. The minimum absolute atomic E-state index is 0.00184. The second kappa shape index (κ2) is 8.61. The Hall–Kier alpha value is -3.28. The number of hydrogen-bond acceptors (Lipinski definition) is 3. The number of anilines is 2. The highest BCUT2D eigenvalue weighted by Crippen LogP contribution is 2.22. The van der Waals surface area contributed by atoms with Crippen molar-refractivity contribution in [2.45, 2.75) is 26.4 Å². The summed E-state index contributed by atoms with van der Waals surface area (Å²) in [5.41, 5.74) is 1.16. The summed E-state index contributed by atoms with van der Waals surface area (Å²) in [5.74, 6) is -1.33. The van der Waals surface area contributed by atoms with Gasteiger partial charge in [-0.05, 0) is 43.7 Å². The molecule has 28 heavy (non-hydrogen) atoms. The Bertz CT molecular complexity index is 924. The van der Waals surface area contributed by atoms with Crippen molar-refractivity contribution in [3.05, 3.63) is 89.6 Å². The summed E-state index contributed by atoms with van der Waals surface area (Å²) in [4.78, 5) is 18.8. The van der Waals surface area contributed by atoms with E-state index in [0.29, 0.717) is 12.1 Å². The van der Waals surface area contributed by atoms with Crippen molar-refractivity contribution < 1.29 is 13.6 Å². The molecule has 0 atom stereocenters. The molecule has 0 unspecified atom stereocenters. The number of carbonyl (C=O) groups excluding carboxylic acids is 1. The van der Waals surface area contributed by atoms with Crippen LogP contribution >= 0.6 is 0 Å². The molecule has 3 aromatic rings. The summed E-state index contributed by atoms with van der Waals surface area (Å²) < 4.78 is 27.5. The Morgan fingerprint density at radius 2 is 1.68 bits per heavy atom. The van der Waals surface area contributed by atoms with Gasteiger partial charge in [-0.1, -0.05) is 36.4 Å². The second-order valence-corrected chi connectivity index (χ2v) is 6.67. The van der Waals surface area contributed by atoms with Crippen molar-refractivity contribution >= 4 is 17.4 Å². The molecule has 0 spiro atoms. The summed E-state index contributed by atoms with van der Waals surface area (Å²) in [6.07, 6.45) is 1.41. The maximum atomic E-state index is 13.8. The summed E-state index contributed by atoms with van der Waals surface area (Å²) >= 11 is 0. The smallest absolute Gasteiger partial charge is 0.255 e. The Kier molecular flexibility index (Phi) is 5.99. The number of hydrogen-bond donors (Lipinski definition) is 1. The van der Waals surface area contributed by atoms with Gasteiger partial charge in [0.05, 0.1) is 5.56 Å². The Balaban J connectivity index is 1.76. The fourth-order valence-corrected chi connectivity index (χ4v) is 2.77. The first-order valence-electron chi connectivity index (χ1n) is 8.97. The minimum atomic E-state index is -0.712. The molecule has 144 valence electrons. The summed E-state index contributed by atoms with van der Waals surface area (Å²) in [6.45, 7) is 4.38. The quantitative estimate of drug-likeness (QED) is 0.642. The van der Waals surface area contributed by atoms with Gasteiger partial charge in [-0.15, -0.1) is 0 Å². The molecule has 0 aliphatic carbocycles. The summed E-state index contributed by atoms with van der Waals surface area (Å²) in [7, 11) is 0. The van der Waals surface area contributed by atoms with Crippen molar-refractivity contribution in [1.29, 1.82) is 0 Å². The molecule has 0 aliphatic rings. The number of pyridine rings is 1. The third kappa shape index (κ3) is 4.52. The van der Waals surface area contributed by atoms with E-state index >= 15 is 0 Å².